The molecule has 1 N–H and O–H groups in total. The van der Waals surface area contributed by atoms with Crippen LogP contribution >= 0.6 is 0 Å². The van der Waals surface area contributed by atoms with Gasteiger partial charge in [-0.2, -0.15) is 8.78 Å². The predicted molar refractivity (Wildman–Crippen MR) is 60.3 cm³/mol. The summed E-state index contributed by atoms with van der Waals surface area (Å²) in [7, 11) is 0. The molecule has 0 aromatic heterocycles. The van der Waals surface area contributed by atoms with E-state index in [0.29, 0.717) is 6.54 Å². The van der Waals surface area contributed by atoms with E-state index in [9.17, 15) is 17.6 Å². The molecular formula is C11H21F4NO2. The first-order valence-corrected chi connectivity index (χ1v) is 5.88. The molecule has 0 aliphatic carbocycles. The maximum absolute atomic E-state index is 12.6. The molecule has 1 unspecified atom stereocenters. The minimum Gasteiger partial charge on any atom is -0.377 e. The quantitative estimate of drug-likeness (QED) is 0.621. The van der Waals surface area contributed by atoms with E-state index in [2.05, 4.69) is 10.1 Å². The average Bonchev–Trinajstić information content (AvgIpc) is 2.25. The van der Waals surface area contributed by atoms with Crippen LogP contribution < -0.4 is 5.32 Å². The molecule has 0 rings (SSSR count). The van der Waals surface area contributed by atoms with Gasteiger partial charge in [0.25, 0.3) is 0 Å². The topological polar surface area (TPSA) is 30.5 Å². The standard InChI is InChI=1S/C11H21F4NO2/c1-4-16-9(6-18-8(2)3)5-17-7-11(14,15)10(12)13/h8-10,16H,4-7H2,1-3H3. The van der Waals surface area contributed by atoms with Gasteiger partial charge in [-0.05, 0) is 20.4 Å². The Morgan fingerprint density at radius 2 is 1.78 bits per heavy atom. The minimum absolute atomic E-state index is 0.00802. The minimum atomic E-state index is -4.10. The molecular weight excluding hydrogens is 254 g/mol. The van der Waals surface area contributed by atoms with Gasteiger partial charge in [0.15, 0.2) is 0 Å². The zero-order valence-electron chi connectivity index (χ0n) is 10.9. The zero-order chi connectivity index (χ0) is 14.2. The second-order valence-corrected chi connectivity index (χ2v) is 4.21. The highest BCUT2D eigenvalue weighted by atomic mass is 19.3. The van der Waals surface area contributed by atoms with E-state index in [0.717, 1.165) is 0 Å². The molecule has 0 aromatic carbocycles. The van der Waals surface area contributed by atoms with Crippen LogP contribution in [0.2, 0.25) is 0 Å². The Hall–Kier alpha value is -0.400. The molecule has 0 spiro atoms. The van der Waals surface area contributed by atoms with E-state index in [1.54, 1.807) is 0 Å². The summed E-state index contributed by atoms with van der Waals surface area (Å²) in [4.78, 5) is 0. The Balaban J connectivity index is 3.96. The summed E-state index contributed by atoms with van der Waals surface area (Å²) in [5.41, 5.74) is 0. The van der Waals surface area contributed by atoms with Crippen molar-refractivity contribution >= 4 is 0 Å². The lowest BCUT2D eigenvalue weighted by Gasteiger charge is -2.21. The largest absolute Gasteiger partial charge is 0.377 e. The third-order valence-corrected chi connectivity index (χ3v) is 2.06. The summed E-state index contributed by atoms with van der Waals surface area (Å²) in [5, 5.41) is 2.97. The zero-order valence-corrected chi connectivity index (χ0v) is 10.9. The molecule has 0 saturated heterocycles. The van der Waals surface area contributed by atoms with Crippen LogP contribution in [-0.2, 0) is 9.47 Å². The first kappa shape index (κ1) is 17.6. The van der Waals surface area contributed by atoms with Crippen molar-refractivity contribution in [3.63, 3.8) is 0 Å². The molecule has 0 aliphatic heterocycles. The maximum Gasteiger partial charge on any atom is 0.330 e. The first-order valence-electron chi connectivity index (χ1n) is 5.88. The number of halogens is 4. The van der Waals surface area contributed by atoms with Gasteiger partial charge in [0.1, 0.15) is 6.61 Å². The molecule has 0 radical (unpaired) electrons. The van der Waals surface area contributed by atoms with Crippen LogP contribution in [0.15, 0.2) is 0 Å². The highest BCUT2D eigenvalue weighted by Gasteiger charge is 2.41. The molecule has 0 bridgehead atoms. The van der Waals surface area contributed by atoms with Crippen molar-refractivity contribution in [3.05, 3.63) is 0 Å². The van der Waals surface area contributed by atoms with Crippen molar-refractivity contribution < 1.29 is 27.0 Å². The summed E-state index contributed by atoms with van der Waals surface area (Å²) in [6, 6.07) is -0.286. The van der Waals surface area contributed by atoms with Crippen molar-refractivity contribution in [2.45, 2.75) is 45.3 Å². The van der Waals surface area contributed by atoms with Gasteiger partial charge in [-0.3, -0.25) is 0 Å². The maximum atomic E-state index is 12.6. The second kappa shape index (κ2) is 8.66. The third-order valence-electron chi connectivity index (χ3n) is 2.06. The summed E-state index contributed by atoms with van der Waals surface area (Å²) in [6.07, 6.45) is -3.70. The van der Waals surface area contributed by atoms with Crippen LogP contribution in [0, 0.1) is 0 Å². The first-order chi connectivity index (χ1) is 8.29. The molecule has 0 fully saturated rings. The van der Waals surface area contributed by atoms with Crippen molar-refractivity contribution in [2.24, 2.45) is 0 Å². The van der Waals surface area contributed by atoms with Crippen LogP contribution in [0.5, 0.6) is 0 Å². The fourth-order valence-corrected chi connectivity index (χ4v) is 1.16. The number of ether oxygens (including phenoxy) is 2. The lowest BCUT2D eigenvalue weighted by atomic mass is 10.3. The van der Waals surface area contributed by atoms with E-state index >= 15 is 0 Å². The van der Waals surface area contributed by atoms with E-state index in [4.69, 9.17) is 4.74 Å². The third kappa shape index (κ3) is 7.84. The van der Waals surface area contributed by atoms with Gasteiger partial charge >= 0.3 is 12.3 Å². The molecule has 0 saturated carbocycles. The van der Waals surface area contributed by atoms with Crippen molar-refractivity contribution in [1.82, 2.24) is 5.32 Å². The van der Waals surface area contributed by atoms with Gasteiger partial charge in [0.05, 0.1) is 25.4 Å². The van der Waals surface area contributed by atoms with Crippen LogP contribution in [0.25, 0.3) is 0 Å². The van der Waals surface area contributed by atoms with E-state index < -0.39 is 19.0 Å². The number of hydrogen-bond donors (Lipinski definition) is 1. The van der Waals surface area contributed by atoms with Crippen LogP contribution in [0.3, 0.4) is 0 Å². The average molecular weight is 275 g/mol. The summed E-state index contributed by atoms with van der Waals surface area (Å²) in [6.45, 7) is 5.04. The highest BCUT2D eigenvalue weighted by Crippen LogP contribution is 2.22. The van der Waals surface area contributed by atoms with Gasteiger partial charge in [-0.15, -0.1) is 0 Å². The SMILES string of the molecule is CCNC(COCC(F)(F)C(F)F)COC(C)C. The van der Waals surface area contributed by atoms with E-state index in [1.807, 2.05) is 20.8 Å². The Kier molecular flexibility index (Phi) is 8.47. The van der Waals surface area contributed by atoms with E-state index in [-0.39, 0.29) is 25.4 Å². The van der Waals surface area contributed by atoms with Crippen molar-refractivity contribution in [1.29, 1.82) is 0 Å². The Morgan fingerprint density at radius 3 is 2.22 bits per heavy atom. The van der Waals surface area contributed by atoms with Crippen LogP contribution in [0.1, 0.15) is 20.8 Å². The summed E-state index contributed by atoms with van der Waals surface area (Å²) < 4.78 is 58.8. The van der Waals surface area contributed by atoms with Gasteiger partial charge < -0.3 is 14.8 Å². The van der Waals surface area contributed by atoms with Crippen molar-refractivity contribution in [3.8, 4) is 0 Å². The molecule has 0 aromatic rings. The predicted octanol–water partition coefficient (Wildman–Crippen LogP) is 2.31. The molecule has 110 valence electrons. The Morgan fingerprint density at radius 1 is 1.17 bits per heavy atom. The smallest absolute Gasteiger partial charge is 0.330 e. The fourth-order valence-electron chi connectivity index (χ4n) is 1.16. The summed E-state index contributed by atoms with van der Waals surface area (Å²) in [5.74, 6) is -4.10. The molecule has 1 atom stereocenters. The molecule has 0 heterocycles. The normalized spacial score (nSPS) is 14.5. The second-order valence-electron chi connectivity index (χ2n) is 4.21. The monoisotopic (exact) mass is 275 g/mol. The number of likely N-dealkylation sites (N-methyl/N-ethyl adjacent to an activating group) is 1. The lowest BCUT2D eigenvalue weighted by molar-refractivity contribution is -0.168. The van der Waals surface area contributed by atoms with Crippen molar-refractivity contribution in [2.75, 3.05) is 26.4 Å². The Labute approximate surface area is 105 Å². The highest BCUT2D eigenvalue weighted by molar-refractivity contribution is 4.70. The lowest BCUT2D eigenvalue weighted by Crippen LogP contribution is -2.40. The Bertz CT molecular complexity index is 215. The van der Waals surface area contributed by atoms with E-state index in [1.165, 1.54) is 0 Å². The molecule has 0 aliphatic rings. The molecule has 18 heavy (non-hydrogen) atoms. The van der Waals surface area contributed by atoms with Gasteiger partial charge in [-0.25, -0.2) is 8.78 Å². The molecule has 3 nitrogen and oxygen atoms in total. The number of hydrogen-bond acceptors (Lipinski definition) is 3. The van der Waals surface area contributed by atoms with Gasteiger partial charge in [0.2, 0.25) is 0 Å². The van der Waals surface area contributed by atoms with Gasteiger partial charge in [-0.1, -0.05) is 6.92 Å². The summed E-state index contributed by atoms with van der Waals surface area (Å²) >= 11 is 0. The number of alkyl halides is 4. The number of nitrogens with one attached hydrogen (secondary N) is 1. The van der Waals surface area contributed by atoms with Crippen LogP contribution in [0.4, 0.5) is 17.6 Å². The molecule has 0 amide bonds. The number of rotatable bonds is 10. The fraction of sp³-hybridized carbons (Fsp3) is 1.00. The van der Waals surface area contributed by atoms with Gasteiger partial charge in [0, 0.05) is 0 Å². The van der Waals surface area contributed by atoms with Crippen LogP contribution in [-0.4, -0.2) is 50.9 Å². The molecule has 7 heteroatoms.